The molecule has 1 heterocycles. The van der Waals surface area contributed by atoms with Gasteiger partial charge in [-0.25, -0.2) is 9.59 Å². The molecule has 1 aromatic rings. The monoisotopic (exact) mass is 377 g/mol. The Hall–Kier alpha value is -2.28. The molecule has 0 bridgehead atoms. The molecule has 0 spiro atoms. The number of nitrogens with two attached hydrogens (primary N) is 1. The molecule has 1 aliphatic heterocycles. The molecule has 7 nitrogen and oxygen atoms in total. The smallest absolute Gasteiger partial charge is 0.410 e. The zero-order valence-corrected chi connectivity index (χ0v) is 16.5. The Labute approximate surface area is 161 Å². The van der Waals surface area contributed by atoms with Gasteiger partial charge in [-0.15, -0.1) is 0 Å². The minimum Gasteiger partial charge on any atom is -0.445 e. The number of nitrogens with zero attached hydrogens (tertiary/aromatic N) is 1. The van der Waals surface area contributed by atoms with Gasteiger partial charge in [-0.1, -0.05) is 30.3 Å². The number of alkyl carbamates (subject to hydrolysis) is 1. The number of likely N-dealkylation sites (tertiary alicyclic amines) is 1. The fraction of sp³-hybridized carbons (Fsp3) is 0.600. The Morgan fingerprint density at radius 2 is 1.81 bits per heavy atom. The number of carbonyl (C=O) groups is 2. The van der Waals surface area contributed by atoms with E-state index in [9.17, 15) is 9.59 Å². The Morgan fingerprint density at radius 1 is 1.19 bits per heavy atom. The van der Waals surface area contributed by atoms with Crippen LogP contribution in [0, 0.1) is 0 Å². The van der Waals surface area contributed by atoms with Gasteiger partial charge >= 0.3 is 12.2 Å². The van der Waals surface area contributed by atoms with Crippen LogP contribution < -0.4 is 11.1 Å². The second-order valence-electron chi connectivity index (χ2n) is 7.97. The molecule has 1 saturated heterocycles. The summed E-state index contributed by atoms with van der Waals surface area (Å²) in [6.45, 7) is 7.19. The maximum absolute atomic E-state index is 12.3. The van der Waals surface area contributed by atoms with Gasteiger partial charge < -0.3 is 25.4 Å². The van der Waals surface area contributed by atoms with Crippen molar-refractivity contribution >= 4 is 12.2 Å². The lowest BCUT2D eigenvalue weighted by atomic mass is 9.84. The lowest BCUT2D eigenvalue weighted by Crippen LogP contribution is -2.57. The van der Waals surface area contributed by atoms with E-state index < -0.39 is 17.2 Å². The molecule has 0 aromatic heterocycles. The van der Waals surface area contributed by atoms with Gasteiger partial charge in [0, 0.05) is 18.6 Å². The Kier molecular flexibility index (Phi) is 7.07. The number of nitrogens with one attached hydrogen (secondary N) is 1. The van der Waals surface area contributed by atoms with Crippen molar-refractivity contribution < 1.29 is 19.1 Å². The molecule has 2 rings (SSSR count). The molecule has 0 saturated carbocycles. The molecular weight excluding hydrogens is 346 g/mol. The highest BCUT2D eigenvalue weighted by Crippen LogP contribution is 2.26. The predicted molar refractivity (Wildman–Crippen MR) is 103 cm³/mol. The molecule has 0 aliphatic carbocycles. The predicted octanol–water partition coefficient (Wildman–Crippen LogP) is 3.03. The highest BCUT2D eigenvalue weighted by atomic mass is 16.6. The lowest BCUT2D eigenvalue weighted by Gasteiger charge is -2.42. The van der Waals surface area contributed by atoms with Crippen LogP contribution in [0.5, 0.6) is 0 Å². The van der Waals surface area contributed by atoms with Crippen molar-refractivity contribution in [1.29, 1.82) is 0 Å². The van der Waals surface area contributed by atoms with Gasteiger partial charge in [0.15, 0.2) is 0 Å². The van der Waals surface area contributed by atoms with Crippen LogP contribution in [0.25, 0.3) is 0 Å². The van der Waals surface area contributed by atoms with Gasteiger partial charge in [-0.2, -0.15) is 0 Å². The number of hydrogen-bond acceptors (Lipinski definition) is 5. The number of ether oxygens (including phenoxy) is 2. The van der Waals surface area contributed by atoms with Crippen LogP contribution in [-0.4, -0.2) is 47.9 Å². The molecule has 1 aliphatic rings. The van der Waals surface area contributed by atoms with E-state index in [4.69, 9.17) is 15.2 Å². The first-order chi connectivity index (χ1) is 12.7. The Balaban J connectivity index is 1.87. The standard InChI is InChI=1S/C20H31N3O4/c1-19(2,3)27-17(24)22-20(9-12-21)10-13-23(14-11-20)18(25)26-15-16-7-5-4-6-8-16/h4-8H,9-15,21H2,1-3H3,(H,22,24). The third-order valence-electron chi connectivity index (χ3n) is 4.57. The van der Waals surface area contributed by atoms with E-state index in [1.54, 1.807) is 4.90 Å². The Bertz CT molecular complexity index is 620. The molecule has 0 atom stereocenters. The van der Waals surface area contributed by atoms with Gasteiger partial charge in [0.25, 0.3) is 0 Å². The Morgan fingerprint density at radius 3 is 2.37 bits per heavy atom. The fourth-order valence-electron chi connectivity index (χ4n) is 3.16. The van der Waals surface area contributed by atoms with Crippen LogP contribution in [0.1, 0.15) is 45.6 Å². The van der Waals surface area contributed by atoms with Crippen molar-refractivity contribution in [3.05, 3.63) is 35.9 Å². The van der Waals surface area contributed by atoms with Crippen molar-refractivity contribution in [3.8, 4) is 0 Å². The first kappa shape index (κ1) is 21.0. The van der Waals surface area contributed by atoms with Crippen molar-refractivity contribution in [3.63, 3.8) is 0 Å². The van der Waals surface area contributed by atoms with Crippen LogP contribution in [0.15, 0.2) is 30.3 Å². The average Bonchev–Trinajstić information content (AvgIpc) is 2.59. The summed E-state index contributed by atoms with van der Waals surface area (Å²) in [4.78, 5) is 26.2. The summed E-state index contributed by atoms with van der Waals surface area (Å²) in [5, 5.41) is 2.99. The van der Waals surface area contributed by atoms with E-state index in [0.29, 0.717) is 38.9 Å². The van der Waals surface area contributed by atoms with Crippen molar-refractivity contribution in [1.82, 2.24) is 10.2 Å². The summed E-state index contributed by atoms with van der Waals surface area (Å²) in [6.07, 6.45) is 1.08. The number of rotatable bonds is 5. The van der Waals surface area contributed by atoms with Gasteiger partial charge in [0.05, 0.1) is 0 Å². The highest BCUT2D eigenvalue weighted by Gasteiger charge is 2.38. The van der Waals surface area contributed by atoms with Crippen LogP contribution in [0.4, 0.5) is 9.59 Å². The van der Waals surface area contributed by atoms with Gasteiger partial charge in [0.1, 0.15) is 12.2 Å². The van der Waals surface area contributed by atoms with Gasteiger partial charge in [-0.05, 0) is 52.1 Å². The molecule has 0 radical (unpaired) electrons. The molecule has 7 heteroatoms. The number of carbonyl (C=O) groups excluding carboxylic acids is 2. The first-order valence-corrected chi connectivity index (χ1v) is 9.40. The summed E-state index contributed by atoms with van der Waals surface area (Å²) >= 11 is 0. The normalized spacial score (nSPS) is 16.5. The second kappa shape index (κ2) is 9.08. The average molecular weight is 377 g/mol. The second-order valence-corrected chi connectivity index (χ2v) is 7.97. The van der Waals surface area contributed by atoms with E-state index in [1.165, 1.54) is 0 Å². The summed E-state index contributed by atoms with van der Waals surface area (Å²) < 4.78 is 10.8. The van der Waals surface area contributed by atoms with Crippen molar-refractivity contribution in [2.24, 2.45) is 5.73 Å². The molecule has 2 amide bonds. The van der Waals surface area contributed by atoms with Crippen LogP contribution in [0.3, 0.4) is 0 Å². The largest absolute Gasteiger partial charge is 0.445 e. The summed E-state index contributed by atoms with van der Waals surface area (Å²) in [7, 11) is 0. The molecule has 1 fully saturated rings. The topological polar surface area (TPSA) is 93.9 Å². The minimum atomic E-state index is -0.560. The third-order valence-corrected chi connectivity index (χ3v) is 4.57. The number of hydrogen-bond donors (Lipinski definition) is 2. The van der Waals surface area contributed by atoms with E-state index in [-0.39, 0.29) is 12.7 Å². The minimum absolute atomic E-state index is 0.250. The molecule has 1 aromatic carbocycles. The molecule has 3 N–H and O–H groups in total. The number of amides is 2. The van der Waals surface area contributed by atoms with Crippen LogP contribution in [-0.2, 0) is 16.1 Å². The van der Waals surface area contributed by atoms with Crippen molar-refractivity contribution in [2.45, 2.75) is 57.8 Å². The third kappa shape index (κ3) is 6.75. The zero-order valence-electron chi connectivity index (χ0n) is 16.5. The molecule has 0 unspecified atom stereocenters. The van der Waals surface area contributed by atoms with E-state index in [1.807, 2.05) is 51.1 Å². The van der Waals surface area contributed by atoms with E-state index >= 15 is 0 Å². The van der Waals surface area contributed by atoms with Gasteiger partial charge in [-0.3, -0.25) is 0 Å². The lowest BCUT2D eigenvalue weighted by molar-refractivity contribution is 0.0356. The molecule has 150 valence electrons. The quantitative estimate of drug-likeness (QED) is 0.823. The van der Waals surface area contributed by atoms with Crippen LogP contribution >= 0.6 is 0 Å². The maximum Gasteiger partial charge on any atom is 0.410 e. The molecular formula is C20H31N3O4. The first-order valence-electron chi connectivity index (χ1n) is 9.40. The molecule has 27 heavy (non-hydrogen) atoms. The zero-order chi connectivity index (χ0) is 19.9. The SMILES string of the molecule is CC(C)(C)OC(=O)NC1(CCN)CCN(C(=O)OCc2ccccc2)CC1. The summed E-state index contributed by atoms with van der Waals surface area (Å²) in [6, 6.07) is 9.58. The van der Waals surface area contributed by atoms with Gasteiger partial charge in [0.2, 0.25) is 0 Å². The fourth-order valence-corrected chi connectivity index (χ4v) is 3.16. The summed E-state index contributed by atoms with van der Waals surface area (Å²) in [5.74, 6) is 0. The summed E-state index contributed by atoms with van der Waals surface area (Å²) in [5.41, 5.74) is 5.70. The maximum atomic E-state index is 12.3. The van der Waals surface area contributed by atoms with Crippen molar-refractivity contribution in [2.75, 3.05) is 19.6 Å². The number of benzene rings is 1. The number of piperidine rings is 1. The van der Waals surface area contributed by atoms with E-state index in [2.05, 4.69) is 5.32 Å². The highest BCUT2D eigenvalue weighted by molar-refractivity contribution is 5.70. The van der Waals surface area contributed by atoms with Crippen LogP contribution in [0.2, 0.25) is 0 Å². The van der Waals surface area contributed by atoms with E-state index in [0.717, 1.165) is 5.56 Å².